The fourth-order valence-electron chi connectivity index (χ4n) is 1.36. The number of aliphatic hydroxyl groups is 1. The highest BCUT2D eigenvalue weighted by Crippen LogP contribution is 2.15. The van der Waals surface area contributed by atoms with Gasteiger partial charge in [0.25, 0.3) is 0 Å². The van der Waals surface area contributed by atoms with Crippen molar-refractivity contribution in [2.24, 2.45) is 0 Å². The van der Waals surface area contributed by atoms with Crippen LogP contribution in [-0.2, 0) is 11.3 Å². The van der Waals surface area contributed by atoms with Crippen molar-refractivity contribution in [3.8, 4) is 11.8 Å². The predicted molar refractivity (Wildman–Crippen MR) is 76.0 cm³/mol. The summed E-state index contributed by atoms with van der Waals surface area (Å²) in [7, 11) is 1.71. The summed E-state index contributed by atoms with van der Waals surface area (Å²) in [6.07, 6.45) is 0.0415. The zero-order valence-corrected chi connectivity index (χ0v) is 12.3. The van der Waals surface area contributed by atoms with Crippen molar-refractivity contribution in [3.63, 3.8) is 0 Å². The van der Waals surface area contributed by atoms with E-state index in [1.165, 1.54) is 16.2 Å². The predicted octanol–water partition coefficient (Wildman–Crippen LogP) is 2.46. The standard InChI is InChI=1S/C14H19NO3S/c1-11(2)18-14(17)15(3)9-12-8-13(19-10-12)6-4-5-7-16/h8,10-11,16H,5,7,9H2,1-3H3. The Labute approximate surface area is 118 Å². The van der Waals surface area contributed by atoms with Crippen LogP contribution in [0.2, 0.25) is 0 Å². The highest BCUT2D eigenvalue weighted by Gasteiger charge is 2.12. The van der Waals surface area contributed by atoms with Crippen LogP contribution in [0.15, 0.2) is 11.4 Å². The second-order valence-electron chi connectivity index (χ2n) is 4.38. The van der Waals surface area contributed by atoms with E-state index in [9.17, 15) is 4.79 Å². The summed E-state index contributed by atoms with van der Waals surface area (Å²) in [5.74, 6) is 5.85. The first-order chi connectivity index (χ1) is 9.02. The van der Waals surface area contributed by atoms with Gasteiger partial charge < -0.3 is 14.7 Å². The SMILES string of the molecule is CC(C)OC(=O)N(C)Cc1csc(C#CCCO)c1. The molecule has 0 atom stereocenters. The van der Waals surface area contributed by atoms with E-state index in [0.717, 1.165) is 10.4 Å². The molecule has 0 spiro atoms. The Hall–Kier alpha value is -1.51. The molecule has 0 unspecified atom stereocenters. The second kappa shape index (κ2) is 7.82. The molecule has 4 nitrogen and oxygen atoms in total. The Kier molecular flexibility index (Phi) is 6.40. The molecule has 1 aromatic rings. The molecule has 0 aliphatic carbocycles. The van der Waals surface area contributed by atoms with Crippen LogP contribution in [0, 0.1) is 11.8 Å². The smallest absolute Gasteiger partial charge is 0.410 e. The molecule has 0 aliphatic heterocycles. The zero-order valence-electron chi connectivity index (χ0n) is 11.5. The van der Waals surface area contributed by atoms with Gasteiger partial charge in [0.2, 0.25) is 0 Å². The maximum Gasteiger partial charge on any atom is 0.410 e. The largest absolute Gasteiger partial charge is 0.447 e. The first-order valence-corrected chi connectivity index (χ1v) is 6.99. The summed E-state index contributed by atoms with van der Waals surface area (Å²) in [6.45, 7) is 4.23. The van der Waals surface area contributed by atoms with Crippen LogP contribution in [0.3, 0.4) is 0 Å². The summed E-state index contributed by atoms with van der Waals surface area (Å²) in [6, 6.07) is 1.95. The first kappa shape index (κ1) is 15.5. The topological polar surface area (TPSA) is 49.8 Å². The first-order valence-electron chi connectivity index (χ1n) is 6.11. The van der Waals surface area contributed by atoms with Gasteiger partial charge in [0, 0.05) is 20.0 Å². The van der Waals surface area contributed by atoms with Gasteiger partial charge in [0.15, 0.2) is 0 Å². The normalized spacial score (nSPS) is 9.95. The third-order valence-electron chi connectivity index (χ3n) is 2.17. The van der Waals surface area contributed by atoms with Crippen molar-refractivity contribution in [2.45, 2.75) is 32.9 Å². The van der Waals surface area contributed by atoms with E-state index in [1.807, 2.05) is 25.3 Å². The van der Waals surface area contributed by atoms with Gasteiger partial charge in [0.05, 0.1) is 17.6 Å². The Bertz CT molecular complexity index is 471. The van der Waals surface area contributed by atoms with Crippen molar-refractivity contribution < 1.29 is 14.6 Å². The molecule has 0 aromatic carbocycles. The van der Waals surface area contributed by atoms with E-state index < -0.39 is 0 Å². The van der Waals surface area contributed by atoms with Gasteiger partial charge in [-0.15, -0.1) is 11.3 Å². The van der Waals surface area contributed by atoms with Crippen LogP contribution in [0.1, 0.15) is 30.7 Å². The van der Waals surface area contributed by atoms with Crippen LogP contribution in [0.4, 0.5) is 4.79 Å². The quantitative estimate of drug-likeness (QED) is 0.863. The van der Waals surface area contributed by atoms with Crippen LogP contribution >= 0.6 is 11.3 Å². The lowest BCUT2D eigenvalue weighted by atomic mass is 10.3. The molecule has 0 fully saturated rings. The lowest BCUT2D eigenvalue weighted by Crippen LogP contribution is -2.28. The molecule has 104 valence electrons. The van der Waals surface area contributed by atoms with Crippen LogP contribution in [0.5, 0.6) is 0 Å². The molecule has 0 bridgehead atoms. The van der Waals surface area contributed by atoms with Crippen molar-refractivity contribution in [3.05, 3.63) is 21.9 Å². The minimum Gasteiger partial charge on any atom is -0.447 e. The van der Waals surface area contributed by atoms with Crippen LogP contribution in [-0.4, -0.2) is 35.9 Å². The van der Waals surface area contributed by atoms with Gasteiger partial charge >= 0.3 is 6.09 Å². The zero-order chi connectivity index (χ0) is 14.3. The average molecular weight is 281 g/mol. The van der Waals surface area contributed by atoms with Gasteiger partial charge in [-0.1, -0.05) is 11.8 Å². The molecule has 1 aromatic heterocycles. The molecule has 0 saturated heterocycles. The third kappa shape index (κ3) is 5.77. The maximum absolute atomic E-state index is 11.6. The third-order valence-corrected chi connectivity index (χ3v) is 3.06. The molecule has 1 N–H and O–H groups in total. The maximum atomic E-state index is 11.6. The highest BCUT2D eigenvalue weighted by molar-refractivity contribution is 7.10. The molecule has 0 aliphatic rings. The number of hydrogen-bond acceptors (Lipinski definition) is 4. The van der Waals surface area contributed by atoms with Crippen LogP contribution < -0.4 is 0 Å². The molecular formula is C14H19NO3S. The fraction of sp³-hybridized carbons (Fsp3) is 0.500. The number of hydrogen-bond donors (Lipinski definition) is 1. The minimum absolute atomic E-state index is 0.0784. The number of carbonyl (C=O) groups excluding carboxylic acids is 1. The van der Waals surface area contributed by atoms with E-state index in [4.69, 9.17) is 9.84 Å². The lowest BCUT2D eigenvalue weighted by Gasteiger charge is -2.17. The van der Waals surface area contributed by atoms with Gasteiger partial charge in [0.1, 0.15) is 0 Å². The van der Waals surface area contributed by atoms with Crippen molar-refractivity contribution in [1.29, 1.82) is 0 Å². The van der Waals surface area contributed by atoms with E-state index >= 15 is 0 Å². The average Bonchev–Trinajstić information content (AvgIpc) is 2.76. The summed E-state index contributed by atoms with van der Waals surface area (Å²) < 4.78 is 5.11. The summed E-state index contributed by atoms with van der Waals surface area (Å²) >= 11 is 1.53. The van der Waals surface area contributed by atoms with E-state index in [-0.39, 0.29) is 18.8 Å². The fourth-order valence-corrected chi connectivity index (χ4v) is 2.13. The number of thiophene rings is 1. The molecule has 1 amide bonds. The summed E-state index contributed by atoms with van der Waals surface area (Å²) in [4.78, 5) is 14.1. The Morgan fingerprint density at radius 3 is 2.95 bits per heavy atom. The van der Waals surface area contributed by atoms with Crippen molar-refractivity contribution in [2.75, 3.05) is 13.7 Å². The number of carbonyl (C=O) groups is 1. The summed E-state index contributed by atoms with van der Waals surface area (Å²) in [5.41, 5.74) is 1.03. The van der Waals surface area contributed by atoms with Gasteiger partial charge in [-0.2, -0.15) is 0 Å². The van der Waals surface area contributed by atoms with E-state index in [0.29, 0.717) is 13.0 Å². The number of ether oxygens (including phenoxy) is 1. The number of nitrogens with zero attached hydrogens (tertiary/aromatic N) is 1. The highest BCUT2D eigenvalue weighted by atomic mass is 32.1. The number of amides is 1. The number of aliphatic hydroxyl groups excluding tert-OH is 1. The summed E-state index contributed by atoms with van der Waals surface area (Å²) in [5, 5.41) is 10.6. The van der Waals surface area contributed by atoms with E-state index in [2.05, 4.69) is 11.8 Å². The van der Waals surface area contributed by atoms with E-state index in [1.54, 1.807) is 7.05 Å². The van der Waals surface area contributed by atoms with Gasteiger partial charge in [-0.25, -0.2) is 4.79 Å². The molecule has 1 heterocycles. The van der Waals surface area contributed by atoms with Gasteiger partial charge in [-0.05, 0) is 30.9 Å². The monoisotopic (exact) mass is 281 g/mol. The van der Waals surface area contributed by atoms with Crippen molar-refractivity contribution in [1.82, 2.24) is 4.90 Å². The van der Waals surface area contributed by atoms with Crippen LogP contribution in [0.25, 0.3) is 0 Å². The molecule has 5 heteroatoms. The molecule has 19 heavy (non-hydrogen) atoms. The lowest BCUT2D eigenvalue weighted by molar-refractivity contribution is 0.0823. The minimum atomic E-state index is -0.325. The Balaban J connectivity index is 2.54. The molecular weight excluding hydrogens is 262 g/mol. The second-order valence-corrected chi connectivity index (χ2v) is 5.29. The molecule has 1 rings (SSSR count). The molecule has 0 saturated carbocycles. The Morgan fingerprint density at radius 1 is 1.58 bits per heavy atom. The molecule has 0 radical (unpaired) electrons. The number of rotatable bonds is 4. The van der Waals surface area contributed by atoms with Crippen molar-refractivity contribution >= 4 is 17.4 Å². The Morgan fingerprint density at radius 2 is 2.32 bits per heavy atom. The van der Waals surface area contributed by atoms with Gasteiger partial charge in [-0.3, -0.25) is 0 Å².